The first-order valence-electron chi connectivity index (χ1n) is 47.4. The maximum atomic E-state index is 10.0. The Kier molecular flexibility index (Phi) is 13.3. The third-order valence-corrected chi connectivity index (χ3v) is 23.4. The van der Waals surface area contributed by atoms with Crippen LogP contribution in [-0.4, -0.2) is 15.8 Å². The van der Waals surface area contributed by atoms with E-state index in [0.717, 1.165) is 128 Å². The Hall–Kier alpha value is -11.7. The van der Waals surface area contributed by atoms with Crippen LogP contribution in [0.3, 0.4) is 0 Å². The number of aromatic nitrogens is 2. The fourth-order valence-electron chi connectivity index (χ4n) is 17.0. The van der Waals surface area contributed by atoms with E-state index in [9.17, 15) is 21.9 Å². The van der Waals surface area contributed by atoms with Gasteiger partial charge in [-0.15, -0.1) is 0 Å². The molecule has 4 nitrogen and oxygen atoms in total. The number of hydrogen-bond donors (Lipinski definition) is 0. The van der Waals surface area contributed by atoms with Crippen molar-refractivity contribution in [2.24, 2.45) is 0 Å². The number of benzene rings is 14. The number of nitrogens with zero attached hydrogens (tertiary/aromatic N) is 4. The van der Waals surface area contributed by atoms with Crippen LogP contribution in [0.5, 0.6) is 0 Å². The summed E-state index contributed by atoms with van der Waals surface area (Å²) >= 11 is 0. The fourth-order valence-corrected chi connectivity index (χ4v) is 17.0. The van der Waals surface area contributed by atoms with Crippen molar-refractivity contribution in [1.29, 1.82) is 0 Å². The highest BCUT2D eigenvalue weighted by molar-refractivity contribution is 7.00. The average molecular weight is 1480 g/mol. The summed E-state index contributed by atoms with van der Waals surface area (Å²) in [5, 5.41) is -0.293. The average Bonchev–Trinajstić information content (AvgIpc) is 1.66. The molecule has 0 saturated carbocycles. The molecule has 5 heteroatoms. The first-order chi connectivity index (χ1) is 60.5. The van der Waals surface area contributed by atoms with Gasteiger partial charge in [0.05, 0.1) is 55.4 Å². The van der Waals surface area contributed by atoms with Gasteiger partial charge in [-0.1, -0.05) is 337 Å². The number of hydrogen-bond acceptors (Lipinski definition) is 2. The van der Waals surface area contributed by atoms with Crippen molar-refractivity contribution in [3.8, 4) is 67.0 Å². The van der Waals surface area contributed by atoms with Gasteiger partial charge in [-0.05, 0) is 200 Å². The van der Waals surface area contributed by atoms with E-state index in [1.54, 1.807) is 9.13 Å². The highest BCUT2D eigenvalue weighted by atomic mass is 15.2. The van der Waals surface area contributed by atoms with Crippen LogP contribution in [0.2, 0.25) is 0 Å². The second-order valence-electron chi connectivity index (χ2n) is 37.1. The summed E-state index contributed by atoms with van der Waals surface area (Å²) < 4.78 is 157. The van der Waals surface area contributed by atoms with Gasteiger partial charge in [-0.3, -0.25) is 0 Å². The van der Waals surface area contributed by atoms with Gasteiger partial charge in [0.25, 0.3) is 6.71 Å². The third kappa shape index (κ3) is 12.5. The molecular formula is C108H103BN4. The maximum Gasteiger partial charge on any atom is 0.252 e. The van der Waals surface area contributed by atoms with Crippen molar-refractivity contribution in [1.82, 2.24) is 9.13 Å². The first-order valence-corrected chi connectivity index (χ1v) is 39.4. The van der Waals surface area contributed by atoms with E-state index in [1.807, 2.05) is 54.6 Å². The number of fused-ring (bicyclic) bond motifs is 10. The van der Waals surface area contributed by atoms with Crippen molar-refractivity contribution in [2.45, 2.75) is 157 Å². The number of para-hydroxylation sites is 4. The lowest BCUT2D eigenvalue weighted by molar-refractivity contribution is 0.589. The highest BCUT2D eigenvalue weighted by Gasteiger charge is 2.47. The SMILES string of the molecule is [2H]c1c([2H])c([2H])c2c(c1[2H])c1c([2H])c([2H])c([2H])c([2H])c1n2-c1ccc2c(c1)N(c1c(-c3ccc(C(C)(C)C)cc3)cc(C(C)(C)C)cc1-c1ccc(C(C)(C)C)cc1)c1cc(-c3ccccc3)cc3c1B2c1ccc(-n2c4c([2H])c([2H])c([2H])c([2H])c4c4c([2H])c([2H])c([2H])c([2H])c42)cc1N3c1c(-c2ccc(C(C)(C)C)cc2)cc(C(C)(C)C)cc1-c1ccc(C(C)(C)C)cc1. The Labute approximate surface area is 692 Å². The van der Waals surface area contributed by atoms with Crippen molar-refractivity contribution >= 4 is 101 Å². The van der Waals surface area contributed by atoms with Gasteiger partial charge in [0, 0.05) is 77.9 Å². The van der Waals surface area contributed by atoms with Crippen LogP contribution >= 0.6 is 0 Å². The molecule has 2 aromatic heterocycles. The Balaban J connectivity index is 1.10. The van der Waals surface area contributed by atoms with Crippen LogP contribution in [0.1, 0.15) is 180 Å². The van der Waals surface area contributed by atoms with Crippen LogP contribution in [0.25, 0.3) is 111 Å². The molecular weight excluding hydrogens is 1360 g/mol. The minimum absolute atomic E-state index is 0.0516. The molecule has 0 amide bonds. The third-order valence-electron chi connectivity index (χ3n) is 23.4. The second-order valence-corrected chi connectivity index (χ2v) is 37.1. The molecule has 2 aliphatic heterocycles. The predicted octanol–water partition coefficient (Wildman–Crippen LogP) is 28.1. The Morgan fingerprint density at radius 3 is 0.796 bits per heavy atom. The molecule has 0 spiro atoms. The van der Waals surface area contributed by atoms with Gasteiger partial charge < -0.3 is 18.9 Å². The lowest BCUT2D eigenvalue weighted by Crippen LogP contribution is -2.61. The molecule has 4 heterocycles. The van der Waals surface area contributed by atoms with E-state index in [2.05, 4.69) is 280 Å². The highest BCUT2D eigenvalue weighted by Crippen LogP contribution is 2.56. The molecule has 0 radical (unpaired) electrons. The smallest absolute Gasteiger partial charge is 0.252 e. The zero-order valence-corrected chi connectivity index (χ0v) is 67.9. The lowest BCUT2D eigenvalue weighted by Gasteiger charge is -2.46. The predicted molar refractivity (Wildman–Crippen MR) is 489 cm³/mol. The summed E-state index contributed by atoms with van der Waals surface area (Å²) in [4.78, 5) is 4.76. The van der Waals surface area contributed by atoms with Gasteiger partial charge in [-0.25, -0.2) is 0 Å². The zero-order valence-electron chi connectivity index (χ0n) is 83.9. The van der Waals surface area contributed by atoms with Gasteiger partial charge in [0.2, 0.25) is 0 Å². The van der Waals surface area contributed by atoms with Gasteiger partial charge in [0.15, 0.2) is 0 Å². The monoisotopic (exact) mass is 1480 g/mol. The summed E-state index contributed by atoms with van der Waals surface area (Å²) in [5.74, 6) is 0. The molecule has 0 atom stereocenters. The van der Waals surface area contributed by atoms with Crippen LogP contribution in [0.4, 0.5) is 34.1 Å². The summed E-state index contributed by atoms with van der Waals surface area (Å²) in [6, 6.07) is 63.2. The van der Waals surface area contributed by atoms with E-state index < -0.39 is 114 Å². The molecule has 16 aromatic rings. The Morgan fingerprint density at radius 2 is 0.522 bits per heavy atom. The maximum absolute atomic E-state index is 10.0. The van der Waals surface area contributed by atoms with E-state index in [1.165, 1.54) is 0 Å². The molecule has 0 N–H and O–H groups in total. The van der Waals surface area contributed by atoms with Crippen LogP contribution in [0, 0.1) is 0 Å². The molecule has 18 rings (SSSR count). The minimum atomic E-state index is -0.809. The fraction of sp³-hybridized carbons (Fsp3) is 0.222. The van der Waals surface area contributed by atoms with Gasteiger partial charge in [0.1, 0.15) is 0 Å². The number of rotatable bonds is 9. The van der Waals surface area contributed by atoms with Crippen molar-refractivity contribution < 1.29 is 21.9 Å². The van der Waals surface area contributed by atoms with Crippen molar-refractivity contribution in [3.63, 3.8) is 0 Å². The topological polar surface area (TPSA) is 16.3 Å². The second kappa shape index (κ2) is 26.5. The Bertz CT molecular complexity index is 6730. The normalized spacial score (nSPS) is 15.3. The molecule has 0 bridgehead atoms. The molecule has 558 valence electrons. The van der Waals surface area contributed by atoms with Gasteiger partial charge in [-0.2, -0.15) is 0 Å². The first kappa shape index (κ1) is 56.5. The molecule has 14 aromatic carbocycles. The summed E-state index contributed by atoms with van der Waals surface area (Å²) in [5.41, 5.74) is 20.3. The van der Waals surface area contributed by atoms with E-state index in [-0.39, 0.29) is 65.3 Å². The standard InChI is InChI=1S/C108H103BN4/c1-103(2,3)74-48-40-69(41-49-74)86-62-78(107(13,14)15)63-87(70-42-50-75(51-43-70)104(4,5)6)101(86)112-96-66-80(110-92-36-26-22-32-82(92)83-33-23-27-37-93(83)110)56-58-90(96)109-91-59-57-81(111-94-38-28-24-34-84(94)85-35-25-29-39-95(85)111)67-97(91)113(99-61-73(60-98(112)100(99)109)68-30-20-19-21-31-68)102-88(71-44-52-76(53-45-71)105(7,8)9)64-79(108(16,17)18)65-89(102)72-46-54-77(55-47-72)106(10,11)12/h19-67H,1-18H3/i22D,23D,24D,25D,26D,27D,28D,29D,32D,33D,34D,35D,36D,37D,38D,39D. The quantitative estimate of drug-likeness (QED) is 0.134. The molecule has 0 saturated heterocycles. The molecule has 2 aliphatic rings. The van der Waals surface area contributed by atoms with E-state index in [0.29, 0.717) is 22.7 Å². The summed E-state index contributed by atoms with van der Waals surface area (Å²) in [6.45, 7) is 39.1. The molecule has 0 fully saturated rings. The number of anilines is 6. The molecule has 113 heavy (non-hydrogen) atoms. The van der Waals surface area contributed by atoms with Crippen molar-refractivity contribution in [2.75, 3.05) is 9.80 Å². The minimum Gasteiger partial charge on any atom is -0.310 e. The largest absolute Gasteiger partial charge is 0.310 e. The molecule has 0 unspecified atom stereocenters. The van der Waals surface area contributed by atoms with E-state index >= 15 is 0 Å². The lowest BCUT2D eigenvalue weighted by atomic mass is 9.33. The van der Waals surface area contributed by atoms with Crippen LogP contribution < -0.4 is 26.2 Å². The van der Waals surface area contributed by atoms with Crippen molar-refractivity contribution in [3.05, 3.63) is 330 Å². The van der Waals surface area contributed by atoms with Crippen LogP contribution in [0.15, 0.2) is 297 Å². The summed E-state index contributed by atoms with van der Waals surface area (Å²) in [7, 11) is 0. The summed E-state index contributed by atoms with van der Waals surface area (Å²) in [6.07, 6.45) is 0. The molecule has 0 aliphatic carbocycles. The zero-order chi connectivity index (χ0) is 92.7. The Morgan fingerprint density at radius 1 is 0.248 bits per heavy atom. The van der Waals surface area contributed by atoms with E-state index in [4.69, 9.17) is 0 Å². The van der Waals surface area contributed by atoms with Crippen LogP contribution in [-0.2, 0) is 32.5 Å². The van der Waals surface area contributed by atoms with Gasteiger partial charge >= 0.3 is 0 Å².